The van der Waals surface area contributed by atoms with E-state index in [1.165, 1.54) is 10.0 Å². The van der Waals surface area contributed by atoms with Gasteiger partial charge in [-0.25, -0.2) is 4.79 Å². The van der Waals surface area contributed by atoms with Gasteiger partial charge in [0.25, 0.3) is 5.91 Å². The van der Waals surface area contributed by atoms with Gasteiger partial charge < -0.3 is 15.9 Å². The van der Waals surface area contributed by atoms with Crippen molar-refractivity contribution in [3.05, 3.63) is 0 Å². The quantitative estimate of drug-likeness (QED) is 0.518. The molecule has 8 nitrogen and oxygen atoms in total. The summed E-state index contributed by atoms with van der Waals surface area (Å²) in [5.41, 5.74) is 5.54. The van der Waals surface area contributed by atoms with Crippen molar-refractivity contribution in [2.75, 3.05) is 13.1 Å². The number of amides is 2. The van der Waals surface area contributed by atoms with E-state index < -0.39 is 12.2 Å². The van der Waals surface area contributed by atoms with Crippen molar-refractivity contribution in [3.63, 3.8) is 0 Å². The summed E-state index contributed by atoms with van der Waals surface area (Å²) in [4.78, 5) is 31.5. The lowest BCUT2D eigenvalue weighted by molar-refractivity contribution is -0.176. The van der Waals surface area contributed by atoms with Crippen molar-refractivity contribution < 1.29 is 24.6 Å². The maximum Gasteiger partial charge on any atom is 0.503 e. The summed E-state index contributed by atoms with van der Waals surface area (Å²) in [6, 6.07) is -0.623. The molecule has 0 saturated carbocycles. The van der Waals surface area contributed by atoms with Gasteiger partial charge in [-0.1, -0.05) is 0 Å². The highest BCUT2D eigenvalue weighted by atomic mass is 16.6. The number of carbonyl (C=O) groups excluding carboxylic acids is 2. The van der Waals surface area contributed by atoms with Crippen molar-refractivity contribution >= 4 is 18.0 Å². The largest absolute Gasteiger partial charge is 0.503 e. The summed E-state index contributed by atoms with van der Waals surface area (Å²) in [7, 11) is 0. The maximum absolute atomic E-state index is 11.5. The number of nitrogens with two attached hydrogens (primary N) is 1. The molecule has 0 aromatic carbocycles. The molecule has 2 aliphatic heterocycles. The van der Waals surface area contributed by atoms with E-state index in [0.717, 1.165) is 12.8 Å². The number of carbonyl (C=O) groups is 3. The third-order valence-electron chi connectivity index (χ3n) is 2.54. The molecule has 2 fully saturated rings. The minimum atomic E-state index is -1.83. The molecule has 0 aromatic heterocycles. The van der Waals surface area contributed by atoms with Crippen LogP contribution in [0, 0.1) is 0 Å². The fraction of sp³-hybridized carbons (Fsp3) is 0.667. The molecule has 96 valence electrons. The highest BCUT2D eigenvalue weighted by Gasteiger charge is 2.37. The fourth-order valence-corrected chi connectivity index (χ4v) is 1.83. The Balaban J connectivity index is 0.000000317. The molecular formula is C9H15N3O5. The van der Waals surface area contributed by atoms with Crippen LogP contribution < -0.4 is 5.73 Å². The molecule has 4 N–H and O–H groups in total. The number of hydrogen-bond donors (Lipinski definition) is 3. The van der Waals surface area contributed by atoms with Crippen LogP contribution in [0.3, 0.4) is 0 Å². The van der Waals surface area contributed by atoms with Gasteiger partial charge in [0, 0.05) is 13.1 Å². The van der Waals surface area contributed by atoms with Crippen molar-refractivity contribution in [2.45, 2.75) is 25.3 Å². The Labute approximate surface area is 97.6 Å². The zero-order chi connectivity index (χ0) is 13.0. The lowest BCUT2D eigenvalue weighted by Gasteiger charge is -2.43. The maximum atomic E-state index is 11.5. The van der Waals surface area contributed by atoms with Gasteiger partial charge >= 0.3 is 6.16 Å². The minimum absolute atomic E-state index is 0.0215. The average molecular weight is 245 g/mol. The predicted octanol–water partition coefficient (Wildman–Crippen LogP) is -0.694. The zero-order valence-corrected chi connectivity index (χ0v) is 9.20. The van der Waals surface area contributed by atoms with E-state index in [4.69, 9.17) is 20.7 Å². The Morgan fingerprint density at radius 1 is 1.18 bits per heavy atom. The lowest BCUT2D eigenvalue weighted by atomic mass is 10.1. The van der Waals surface area contributed by atoms with Crippen molar-refractivity contribution in [3.8, 4) is 0 Å². The van der Waals surface area contributed by atoms with Crippen molar-refractivity contribution in [2.24, 2.45) is 5.73 Å². The molecule has 2 heterocycles. The molecule has 2 aliphatic rings. The Morgan fingerprint density at radius 3 is 2.18 bits per heavy atom. The lowest BCUT2D eigenvalue weighted by Crippen LogP contribution is -2.62. The van der Waals surface area contributed by atoms with E-state index in [-0.39, 0.29) is 18.2 Å². The molecular weight excluding hydrogens is 230 g/mol. The van der Waals surface area contributed by atoms with Crippen molar-refractivity contribution in [1.82, 2.24) is 10.0 Å². The normalized spacial score (nSPS) is 23.7. The molecule has 0 aromatic rings. The average Bonchev–Trinajstić information content (AvgIpc) is 2.25. The summed E-state index contributed by atoms with van der Waals surface area (Å²) in [6.45, 7) is 1.30. The van der Waals surface area contributed by atoms with Gasteiger partial charge in [0.15, 0.2) is 0 Å². The van der Waals surface area contributed by atoms with E-state index in [9.17, 15) is 9.59 Å². The van der Waals surface area contributed by atoms with E-state index >= 15 is 0 Å². The van der Waals surface area contributed by atoms with Gasteiger partial charge in [0.1, 0.15) is 0 Å². The van der Waals surface area contributed by atoms with E-state index in [0.29, 0.717) is 13.1 Å². The number of nitrogens with zero attached hydrogens (tertiary/aromatic N) is 2. The number of hydrogen-bond acceptors (Lipinski definition) is 4. The SMILES string of the molecule is N[C@H]1CC(=O)N2CCCCN2C1=O.O=C(O)O. The van der Waals surface area contributed by atoms with Gasteiger partial charge in [0.2, 0.25) is 5.91 Å². The number of carboxylic acid groups (broad SMARTS) is 2. The van der Waals surface area contributed by atoms with E-state index in [2.05, 4.69) is 0 Å². The molecule has 2 amide bonds. The molecule has 0 spiro atoms. The molecule has 0 aliphatic carbocycles. The molecule has 2 saturated heterocycles. The summed E-state index contributed by atoms with van der Waals surface area (Å²) < 4.78 is 0. The molecule has 1 atom stereocenters. The Kier molecular flexibility index (Phi) is 4.27. The first kappa shape index (κ1) is 13.2. The summed E-state index contributed by atoms with van der Waals surface area (Å²) in [6.07, 6.45) is 0.266. The van der Waals surface area contributed by atoms with Gasteiger partial charge in [-0.05, 0) is 12.8 Å². The number of hydrazine groups is 1. The molecule has 8 heteroatoms. The number of fused-ring (bicyclic) bond motifs is 1. The standard InChI is InChI=1S/C8H13N3O2.CH2O3/c9-6-5-7(12)10-3-1-2-4-11(10)8(6)13;2-1(3)4/h6H,1-5,9H2;(H2,2,3,4)/t6-;/m0./s1. The molecule has 17 heavy (non-hydrogen) atoms. The van der Waals surface area contributed by atoms with Crippen LogP contribution in [0.5, 0.6) is 0 Å². The van der Waals surface area contributed by atoms with Crippen LogP contribution in [0.2, 0.25) is 0 Å². The summed E-state index contributed by atoms with van der Waals surface area (Å²) >= 11 is 0. The molecule has 2 rings (SSSR count). The fourth-order valence-electron chi connectivity index (χ4n) is 1.83. The highest BCUT2D eigenvalue weighted by Crippen LogP contribution is 2.18. The third kappa shape index (κ3) is 3.31. The van der Waals surface area contributed by atoms with E-state index in [1.54, 1.807) is 0 Å². The second kappa shape index (κ2) is 5.48. The van der Waals surface area contributed by atoms with Gasteiger partial charge in [0.05, 0.1) is 12.5 Å². The van der Waals surface area contributed by atoms with Crippen LogP contribution >= 0.6 is 0 Å². The van der Waals surface area contributed by atoms with Crippen molar-refractivity contribution in [1.29, 1.82) is 0 Å². The molecule has 0 bridgehead atoms. The predicted molar refractivity (Wildman–Crippen MR) is 55.9 cm³/mol. The van der Waals surface area contributed by atoms with Crippen LogP contribution in [-0.2, 0) is 9.59 Å². The second-order valence-electron chi connectivity index (χ2n) is 3.78. The zero-order valence-electron chi connectivity index (χ0n) is 9.20. The van der Waals surface area contributed by atoms with Crippen LogP contribution in [0.1, 0.15) is 19.3 Å². The minimum Gasteiger partial charge on any atom is -0.450 e. The highest BCUT2D eigenvalue weighted by molar-refractivity contribution is 5.93. The Morgan fingerprint density at radius 2 is 1.65 bits per heavy atom. The topological polar surface area (TPSA) is 124 Å². The third-order valence-corrected chi connectivity index (χ3v) is 2.54. The second-order valence-corrected chi connectivity index (χ2v) is 3.78. The first-order valence-corrected chi connectivity index (χ1v) is 5.22. The Bertz CT molecular complexity index is 329. The first-order valence-electron chi connectivity index (χ1n) is 5.22. The van der Waals surface area contributed by atoms with Crippen LogP contribution in [-0.4, -0.2) is 57.3 Å². The first-order chi connectivity index (χ1) is 7.93. The number of rotatable bonds is 0. The van der Waals surface area contributed by atoms with Gasteiger partial charge in [-0.2, -0.15) is 0 Å². The molecule has 0 unspecified atom stereocenters. The monoisotopic (exact) mass is 245 g/mol. The summed E-state index contributed by atoms with van der Waals surface area (Å²) in [5.74, 6) is -0.133. The van der Waals surface area contributed by atoms with Crippen LogP contribution in [0.25, 0.3) is 0 Å². The molecule has 0 radical (unpaired) electrons. The smallest absolute Gasteiger partial charge is 0.450 e. The van der Waals surface area contributed by atoms with Gasteiger partial charge in [-0.3, -0.25) is 19.6 Å². The van der Waals surface area contributed by atoms with Gasteiger partial charge in [-0.15, -0.1) is 0 Å². The van der Waals surface area contributed by atoms with Crippen LogP contribution in [0.15, 0.2) is 0 Å². The summed E-state index contributed by atoms with van der Waals surface area (Å²) in [5, 5.41) is 17.0. The Hall–Kier alpha value is -1.83. The van der Waals surface area contributed by atoms with E-state index in [1.807, 2.05) is 0 Å². The van der Waals surface area contributed by atoms with Crippen LogP contribution in [0.4, 0.5) is 4.79 Å².